The Bertz CT molecular complexity index is 1170. The molecule has 4 unspecified atom stereocenters. The summed E-state index contributed by atoms with van der Waals surface area (Å²) in [6, 6.07) is 0. The Balaban J connectivity index is 4.87. The summed E-state index contributed by atoms with van der Waals surface area (Å²) >= 11 is 0. The van der Waals surface area contributed by atoms with Crippen molar-refractivity contribution >= 4 is 31.8 Å². The number of carbonyl (C=O) groups excluding carboxylic acids is 4. The lowest BCUT2D eigenvalue weighted by atomic mass is 9.86. The van der Waals surface area contributed by atoms with Gasteiger partial charge >= 0.3 is 19.8 Å². The molecule has 0 fully saturated rings. The molecule has 332 valence electrons. The number of hydrogen-bond acceptors (Lipinski definition) is 10. The molecule has 13 heteroatoms. The molecule has 0 spiro atoms. The van der Waals surface area contributed by atoms with Crippen molar-refractivity contribution in [2.75, 3.05) is 47.5 Å². The smallest absolute Gasteiger partial charge is 0.462 e. The van der Waals surface area contributed by atoms with Crippen LogP contribution in [-0.4, -0.2) is 98.2 Å². The summed E-state index contributed by atoms with van der Waals surface area (Å²) in [7, 11) is 1.29. The minimum atomic E-state index is -4.45. The van der Waals surface area contributed by atoms with E-state index < -0.39 is 50.4 Å². The van der Waals surface area contributed by atoms with Gasteiger partial charge < -0.3 is 28.8 Å². The monoisotopic (exact) mass is 831 g/mol. The van der Waals surface area contributed by atoms with Crippen molar-refractivity contribution in [3.63, 3.8) is 0 Å². The number of phosphoric acid groups is 1. The molecule has 0 aromatic carbocycles. The fourth-order valence-corrected chi connectivity index (χ4v) is 6.84. The van der Waals surface area contributed by atoms with Crippen molar-refractivity contribution in [2.45, 2.75) is 174 Å². The van der Waals surface area contributed by atoms with Crippen LogP contribution in [0.1, 0.15) is 162 Å². The lowest BCUT2D eigenvalue weighted by Gasteiger charge is -2.24. The highest BCUT2D eigenvalue weighted by molar-refractivity contribution is 7.47. The van der Waals surface area contributed by atoms with E-state index >= 15 is 0 Å². The maximum Gasteiger partial charge on any atom is 0.472 e. The van der Waals surface area contributed by atoms with Crippen LogP contribution < -0.4 is 0 Å². The van der Waals surface area contributed by atoms with Gasteiger partial charge in [-0.3, -0.25) is 23.4 Å². The molecule has 0 aliphatic rings. The van der Waals surface area contributed by atoms with Crippen LogP contribution in [-0.2, 0) is 42.3 Å². The van der Waals surface area contributed by atoms with E-state index in [2.05, 4.69) is 13.8 Å². The van der Waals surface area contributed by atoms with Gasteiger partial charge in [0.2, 0.25) is 0 Å². The van der Waals surface area contributed by atoms with E-state index in [0.717, 1.165) is 44.8 Å². The van der Waals surface area contributed by atoms with E-state index in [9.17, 15) is 33.7 Å². The van der Waals surface area contributed by atoms with Crippen LogP contribution in [0.4, 0.5) is 0 Å². The first-order valence-electron chi connectivity index (χ1n) is 21.9. The van der Waals surface area contributed by atoms with E-state index in [4.69, 9.17) is 18.5 Å². The number of allylic oxidation sites excluding steroid dienone is 3. The SMILES string of the molecule is CCCCCCCCCCCCCCCC(=O)OC[C@H](COP(=O)(O)OCC[N+](C)(C)C)OC(=O)CCC/C=C\CC(C=O)C(/C=C/C(O)CCCCC)C(C)=O. The number of carbonyl (C=O) groups is 4. The van der Waals surface area contributed by atoms with Crippen molar-refractivity contribution in [1.82, 2.24) is 0 Å². The van der Waals surface area contributed by atoms with Crippen LogP contribution in [0.25, 0.3) is 0 Å². The van der Waals surface area contributed by atoms with Gasteiger partial charge in [0.15, 0.2) is 6.10 Å². The molecule has 0 saturated heterocycles. The number of aliphatic hydroxyl groups is 1. The van der Waals surface area contributed by atoms with Gasteiger partial charge in [0.05, 0.1) is 33.9 Å². The number of quaternary nitrogens is 1. The third kappa shape index (κ3) is 34.4. The number of phosphoric ester groups is 1. The van der Waals surface area contributed by atoms with E-state index in [0.29, 0.717) is 43.1 Å². The molecule has 0 aliphatic carbocycles. The normalized spacial score (nSPS) is 15.3. The van der Waals surface area contributed by atoms with Crippen molar-refractivity contribution in [3.8, 4) is 0 Å². The molecule has 12 nitrogen and oxygen atoms in total. The quantitative estimate of drug-likeness (QED) is 0.0152. The Morgan fingerprint density at radius 3 is 1.84 bits per heavy atom. The lowest BCUT2D eigenvalue weighted by molar-refractivity contribution is -0.870. The summed E-state index contributed by atoms with van der Waals surface area (Å²) in [4.78, 5) is 59.6. The van der Waals surface area contributed by atoms with Gasteiger partial charge in [-0.05, 0) is 39.0 Å². The fraction of sp³-hybridized carbons (Fsp3) is 0.818. The molecule has 57 heavy (non-hydrogen) atoms. The minimum absolute atomic E-state index is 0.0225. The molecule has 0 aliphatic heterocycles. The van der Waals surface area contributed by atoms with E-state index in [1.54, 1.807) is 18.2 Å². The molecule has 0 aromatic rings. The molecule has 5 atom stereocenters. The number of likely N-dealkylation sites (N-methyl/N-ethyl adjacent to an activating group) is 1. The second-order valence-corrected chi connectivity index (χ2v) is 17.8. The van der Waals surface area contributed by atoms with Crippen molar-refractivity contribution < 1.29 is 56.7 Å². The van der Waals surface area contributed by atoms with Crippen LogP contribution in [0.3, 0.4) is 0 Å². The highest BCUT2D eigenvalue weighted by Gasteiger charge is 2.27. The molecule has 0 aromatic heterocycles. The number of aldehydes is 1. The number of aliphatic hydroxyl groups excluding tert-OH is 1. The second-order valence-electron chi connectivity index (χ2n) is 16.4. The molecule has 0 amide bonds. The largest absolute Gasteiger partial charge is 0.472 e. The average Bonchev–Trinajstić information content (AvgIpc) is 3.14. The van der Waals surface area contributed by atoms with E-state index in [-0.39, 0.29) is 31.8 Å². The van der Waals surface area contributed by atoms with Crippen LogP contribution in [0.15, 0.2) is 24.3 Å². The molecule has 2 N–H and O–H groups in total. The fourth-order valence-electron chi connectivity index (χ4n) is 6.10. The summed E-state index contributed by atoms with van der Waals surface area (Å²) in [5.41, 5.74) is 0. The predicted molar refractivity (Wildman–Crippen MR) is 226 cm³/mol. The number of unbranched alkanes of at least 4 members (excludes halogenated alkanes) is 15. The zero-order valence-electron chi connectivity index (χ0n) is 36.5. The number of hydrogen-bond donors (Lipinski definition) is 2. The van der Waals surface area contributed by atoms with Crippen LogP contribution >= 0.6 is 7.82 Å². The number of ether oxygens (including phenoxy) is 2. The maximum atomic E-state index is 12.8. The zero-order chi connectivity index (χ0) is 42.8. The lowest BCUT2D eigenvalue weighted by Crippen LogP contribution is -2.37. The summed E-state index contributed by atoms with van der Waals surface area (Å²) in [5.74, 6) is -2.39. The minimum Gasteiger partial charge on any atom is -0.462 e. The number of ketones is 1. The Hall–Kier alpha value is -2.21. The first-order valence-corrected chi connectivity index (χ1v) is 23.4. The van der Waals surface area contributed by atoms with Gasteiger partial charge in [-0.2, -0.15) is 0 Å². The molecule has 0 bridgehead atoms. The van der Waals surface area contributed by atoms with Gasteiger partial charge in [-0.15, -0.1) is 0 Å². The van der Waals surface area contributed by atoms with Gasteiger partial charge in [0.1, 0.15) is 31.8 Å². The third-order valence-electron chi connectivity index (χ3n) is 9.73. The van der Waals surface area contributed by atoms with E-state index in [1.807, 2.05) is 27.2 Å². The Kier molecular flexibility index (Phi) is 33.3. The Labute approximate surface area is 345 Å². The predicted octanol–water partition coefficient (Wildman–Crippen LogP) is 9.40. The second kappa shape index (κ2) is 34.6. The first-order chi connectivity index (χ1) is 27.1. The number of nitrogens with zero attached hydrogens (tertiary/aromatic N) is 1. The standard InChI is InChI=1S/C44H80NO11P/c1-7-9-11-12-13-14-15-16-17-18-19-20-25-29-43(49)53-36-41(37-55-57(51,52)54-34-33-45(4,5)6)56-44(50)30-26-22-21-24-27-39(35-46)42(38(3)47)32-31-40(48)28-23-10-8-2/h21,24,31-32,35,39-42,48H,7-20,22-23,25-30,33-34,36-37H2,1-6H3/p+1/b24-21-,32-31+/t39?,40?,41-,42?/m1/s1. The molecular weight excluding hydrogens is 749 g/mol. The molecule has 0 rings (SSSR count). The van der Waals surface area contributed by atoms with Gasteiger partial charge in [0.25, 0.3) is 0 Å². The zero-order valence-corrected chi connectivity index (χ0v) is 37.4. The highest BCUT2D eigenvalue weighted by atomic mass is 31.2. The van der Waals surface area contributed by atoms with Gasteiger partial charge in [0, 0.05) is 24.7 Å². The topological polar surface area (TPSA) is 163 Å². The summed E-state index contributed by atoms with van der Waals surface area (Å²) in [6.45, 7) is 5.38. The number of rotatable bonds is 39. The summed E-state index contributed by atoms with van der Waals surface area (Å²) in [6.07, 6.45) is 26.4. The Morgan fingerprint density at radius 1 is 0.719 bits per heavy atom. The van der Waals surface area contributed by atoms with Gasteiger partial charge in [-0.1, -0.05) is 134 Å². The van der Waals surface area contributed by atoms with Crippen LogP contribution in [0.5, 0.6) is 0 Å². The van der Waals surface area contributed by atoms with Crippen molar-refractivity contribution in [2.24, 2.45) is 11.8 Å². The molecular formula is C44H81NO11P+. The molecule has 0 radical (unpaired) electrons. The number of esters is 2. The molecule has 0 heterocycles. The maximum absolute atomic E-state index is 12.8. The number of Topliss-reactive ketones (excluding diaryl/α,β-unsaturated/α-hetero) is 1. The van der Waals surface area contributed by atoms with Crippen molar-refractivity contribution in [1.29, 1.82) is 0 Å². The third-order valence-corrected chi connectivity index (χ3v) is 10.7. The average molecular weight is 831 g/mol. The van der Waals surface area contributed by atoms with Crippen LogP contribution in [0, 0.1) is 11.8 Å². The van der Waals surface area contributed by atoms with Gasteiger partial charge in [-0.25, -0.2) is 4.57 Å². The Morgan fingerprint density at radius 2 is 1.28 bits per heavy atom. The highest BCUT2D eigenvalue weighted by Crippen LogP contribution is 2.43. The van der Waals surface area contributed by atoms with Crippen molar-refractivity contribution in [3.05, 3.63) is 24.3 Å². The van der Waals surface area contributed by atoms with E-state index in [1.165, 1.54) is 64.7 Å². The first kappa shape index (κ1) is 54.8. The summed E-state index contributed by atoms with van der Waals surface area (Å²) in [5, 5.41) is 10.2. The summed E-state index contributed by atoms with van der Waals surface area (Å²) < 4.78 is 34.1. The molecule has 0 saturated carbocycles. The van der Waals surface area contributed by atoms with Crippen LogP contribution in [0.2, 0.25) is 0 Å².